The maximum atomic E-state index is 11.8. The fourth-order valence-electron chi connectivity index (χ4n) is 2.38. The molecule has 0 atom stereocenters. The fourth-order valence-corrected chi connectivity index (χ4v) is 3.00. The third-order valence-electron chi connectivity index (χ3n) is 3.31. The van der Waals surface area contributed by atoms with Gasteiger partial charge in [-0.05, 0) is 60.0 Å². The minimum absolute atomic E-state index is 0.0775. The lowest BCUT2D eigenvalue weighted by molar-refractivity contribution is -0.111. The van der Waals surface area contributed by atoms with Gasteiger partial charge in [0.25, 0.3) is 0 Å². The summed E-state index contributed by atoms with van der Waals surface area (Å²) >= 11 is 1.62. The molecule has 0 bridgehead atoms. The van der Waals surface area contributed by atoms with E-state index in [0.717, 1.165) is 17.0 Å². The molecular weight excluding hydrogens is 254 g/mol. The summed E-state index contributed by atoms with van der Waals surface area (Å²) in [5.41, 5.74) is 3.69. The van der Waals surface area contributed by atoms with Crippen LogP contribution in [0, 0.1) is 0 Å². The van der Waals surface area contributed by atoms with Gasteiger partial charge in [0.05, 0.1) is 0 Å². The number of amides is 1. The number of hydrogen-bond donors (Lipinski definition) is 1. The van der Waals surface area contributed by atoms with Gasteiger partial charge in [-0.3, -0.25) is 4.79 Å². The minimum Gasteiger partial charge on any atom is -0.323 e. The van der Waals surface area contributed by atoms with Gasteiger partial charge in [0.15, 0.2) is 0 Å². The van der Waals surface area contributed by atoms with Gasteiger partial charge in [0.1, 0.15) is 0 Å². The quantitative estimate of drug-likeness (QED) is 0.842. The van der Waals surface area contributed by atoms with Crippen molar-refractivity contribution in [2.75, 3.05) is 5.32 Å². The first-order chi connectivity index (χ1) is 9.31. The first kappa shape index (κ1) is 12.2. The molecule has 0 saturated heterocycles. The molecule has 1 heterocycles. The molecule has 96 valence electrons. The molecule has 1 aliphatic carbocycles. The molecule has 0 spiro atoms. The Kier molecular flexibility index (Phi) is 3.47. The van der Waals surface area contributed by atoms with Gasteiger partial charge >= 0.3 is 0 Å². The molecule has 1 N–H and O–H groups in total. The maximum Gasteiger partial charge on any atom is 0.248 e. The lowest BCUT2D eigenvalue weighted by Gasteiger charge is -2.05. The van der Waals surface area contributed by atoms with Gasteiger partial charge in [-0.15, -0.1) is 11.3 Å². The number of thiophene rings is 1. The van der Waals surface area contributed by atoms with Crippen molar-refractivity contribution < 1.29 is 4.79 Å². The van der Waals surface area contributed by atoms with E-state index < -0.39 is 0 Å². The van der Waals surface area contributed by atoms with Gasteiger partial charge in [0, 0.05) is 16.6 Å². The Morgan fingerprint density at radius 3 is 2.95 bits per heavy atom. The van der Waals surface area contributed by atoms with E-state index in [9.17, 15) is 4.79 Å². The molecule has 1 amide bonds. The summed E-state index contributed by atoms with van der Waals surface area (Å²) in [5, 5.41) is 4.91. The van der Waals surface area contributed by atoms with E-state index in [1.54, 1.807) is 17.4 Å². The highest BCUT2D eigenvalue weighted by atomic mass is 32.1. The molecule has 1 aliphatic rings. The molecule has 0 unspecified atom stereocenters. The Hall–Kier alpha value is -1.87. The SMILES string of the molecule is O=C(/C=C\c1cccs1)Nc1ccc2c(c1)CCC2. The summed E-state index contributed by atoms with van der Waals surface area (Å²) in [4.78, 5) is 12.9. The van der Waals surface area contributed by atoms with Crippen molar-refractivity contribution in [3.8, 4) is 0 Å². The second kappa shape index (κ2) is 5.41. The molecular formula is C16H15NOS. The molecule has 1 aromatic heterocycles. The number of fused-ring (bicyclic) bond motifs is 1. The summed E-state index contributed by atoms with van der Waals surface area (Å²) in [6.45, 7) is 0. The Labute approximate surface area is 116 Å². The first-order valence-corrected chi connectivity index (χ1v) is 7.33. The average Bonchev–Trinajstić information content (AvgIpc) is 3.07. The Bertz CT molecular complexity index is 614. The van der Waals surface area contributed by atoms with Crippen LogP contribution in [0.4, 0.5) is 5.69 Å². The molecule has 3 rings (SSSR count). The number of rotatable bonds is 3. The van der Waals surface area contributed by atoms with E-state index in [4.69, 9.17) is 0 Å². The lowest BCUT2D eigenvalue weighted by atomic mass is 10.1. The van der Waals surface area contributed by atoms with Crippen LogP contribution in [0.15, 0.2) is 41.8 Å². The fraction of sp³-hybridized carbons (Fsp3) is 0.188. The molecule has 19 heavy (non-hydrogen) atoms. The first-order valence-electron chi connectivity index (χ1n) is 6.46. The average molecular weight is 269 g/mol. The van der Waals surface area contributed by atoms with Crippen LogP contribution in [-0.4, -0.2) is 5.91 Å². The Morgan fingerprint density at radius 2 is 2.11 bits per heavy atom. The van der Waals surface area contributed by atoms with E-state index in [-0.39, 0.29) is 5.91 Å². The van der Waals surface area contributed by atoms with Crippen molar-refractivity contribution in [3.63, 3.8) is 0 Å². The maximum absolute atomic E-state index is 11.8. The van der Waals surface area contributed by atoms with Crippen molar-refractivity contribution >= 4 is 29.0 Å². The lowest BCUT2D eigenvalue weighted by Crippen LogP contribution is -2.07. The largest absolute Gasteiger partial charge is 0.323 e. The van der Waals surface area contributed by atoms with E-state index in [0.29, 0.717) is 0 Å². The van der Waals surface area contributed by atoms with Crippen LogP contribution < -0.4 is 5.32 Å². The highest BCUT2D eigenvalue weighted by Crippen LogP contribution is 2.24. The number of carbonyl (C=O) groups is 1. The zero-order valence-corrected chi connectivity index (χ0v) is 11.4. The van der Waals surface area contributed by atoms with Gasteiger partial charge in [-0.2, -0.15) is 0 Å². The Balaban J connectivity index is 1.66. The molecule has 0 saturated carbocycles. The highest BCUT2D eigenvalue weighted by molar-refractivity contribution is 7.10. The van der Waals surface area contributed by atoms with E-state index >= 15 is 0 Å². The van der Waals surface area contributed by atoms with Crippen LogP contribution in [0.2, 0.25) is 0 Å². The molecule has 2 nitrogen and oxygen atoms in total. The monoisotopic (exact) mass is 269 g/mol. The summed E-state index contributed by atoms with van der Waals surface area (Å²) in [5.74, 6) is -0.0775. The zero-order chi connectivity index (χ0) is 13.1. The van der Waals surface area contributed by atoms with Crippen molar-refractivity contribution in [2.45, 2.75) is 19.3 Å². The Morgan fingerprint density at radius 1 is 1.21 bits per heavy atom. The minimum atomic E-state index is -0.0775. The number of anilines is 1. The topological polar surface area (TPSA) is 29.1 Å². The molecule has 0 aliphatic heterocycles. The van der Waals surface area contributed by atoms with Crippen molar-refractivity contribution in [1.29, 1.82) is 0 Å². The van der Waals surface area contributed by atoms with Crippen molar-refractivity contribution in [3.05, 3.63) is 57.8 Å². The van der Waals surface area contributed by atoms with Crippen LogP contribution in [0.3, 0.4) is 0 Å². The molecule has 2 aromatic rings. The van der Waals surface area contributed by atoms with Crippen LogP contribution in [0.25, 0.3) is 6.08 Å². The van der Waals surface area contributed by atoms with E-state index in [2.05, 4.69) is 17.4 Å². The van der Waals surface area contributed by atoms with Gasteiger partial charge in [0.2, 0.25) is 5.91 Å². The van der Waals surface area contributed by atoms with Gasteiger partial charge in [-0.25, -0.2) is 0 Å². The third-order valence-corrected chi connectivity index (χ3v) is 4.15. The van der Waals surface area contributed by atoms with Crippen LogP contribution >= 0.6 is 11.3 Å². The molecule has 3 heteroatoms. The number of carbonyl (C=O) groups excluding carboxylic acids is 1. The predicted octanol–water partition coefficient (Wildman–Crippen LogP) is 3.89. The van der Waals surface area contributed by atoms with Crippen molar-refractivity contribution in [2.24, 2.45) is 0 Å². The molecule has 0 fully saturated rings. The number of hydrogen-bond acceptors (Lipinski definition) is 2. The van der Waals surface area contributed by atoms with E-state index in [1.807, 2.05) is 29.7 Å². The summed E-state index contributed by atoms with van der Waals surface area (Å²) in [6, 6.07) is 10.2. The molecule has 1 aromatic carbocycles. The highest BCUT2D eigenvalue weighted by Gasteiger charge is 2.11. The normalized spacial score (nSPS) is 13.7. The van der Waals surface area contributed by atoms with Crippen LogP contribution in [0.1, 0.15) is 22.4 Å². The van der Waals surface area contributed by atoms with E-state index in [1.165, 1.54) is 24.0 Å². The smallest absolute Gasteiger partial charge is 0.248 e. The third kappa shape index (κ3) is 2.93. The van der Waals surface area contributed by atoms with Gasteiger partial charge in [-0.1, -0.05) is 12.1 Å². The molecule has 0 radical (unpaired) electrons. The second-order valence-corrected chi connectivity index (χ2v) is 5.65. The number of aryl methyl sites for hydroxylation is 2. The summed E-state index contributed by atoms with van der Waals surface area (Å²) < 4.78 is 0. The van der Waals surface area contributed by atoms with Crippen LogP contribution in [0.5, 0.6) is 0 Å². The summed E-state index contributed by atoms with van der Waals surface area (Å²) in [6.07, 6.45) is 6.95. The van der Waals surface area contributed by atoms with Gasteiger partial charge < -0.3 is 5.32 Å². The standard InChI is InChI=1S/C16H15NOS/c18-16(9-8-15-5-2-10-19-15)17-14-7-6-12-3-1-4-13(12)11-14/h2,5-11H,1,3-4H2,(H,17,18)/b9-8-. The second-order valence-electron chi connectivity index (χ2n) is 4.68. The number of nitrogens with one attached hydrogen (secondary N) is 1. The zero-order valence-electron chi connectivity index (χ0n) is 10.6. The summed E-state index contributed by atoms with van der Waals surface area (Å²) in [7, 11) is 0. The van der Waals surface area contributed by atoms with Crippen LogP contribution in [-0.2, 0) is 17.6 Å². The number of benzene rings is 1. The van der Waals surface area contributed by atoms with Crippen molar-refractivity contribution in [1.82, 2.24) is 0 Å². The predicted molar refractivity (Wildman–Crippen MR) is 80.4 cm³/mol.